The number of ether oxygens (including phenoxy) is 1. The van der Waals surface area contributed by atoms with Gasteiger partial charge in [-0.15, -0.1) is 5.10 Å². The van der Waals surface area contributed by atoms with Crippen molar-refractivity contribution in [1.29, 1.82) is 0 Å². The highest BCUT2D eigenvalue weighted by atomic mass is 16.5. The van der Waals surface area contributed by atoms with Crippen LogP contribution in [-0.2, 0) is 23.3 Å². The maximum Gasteiger partial charge on any atom is 0.199 e. The molecule has 0 saturated heterocycles. The van der Waals surface area contributed by atoms with Crippen LogP contribution in [0.2, 0.25) is 0 Å². The number of hydrogen-bond acceptors (Lipinski definition) is 5. The van der Waals surface area contributed by atoms with E-state index in [1.54, 1.807) is 10.9 Å². The van der Waals surface area contributed by atoms with Crippen molar-refractivity contribution in [3.8, 4) is 0 Å². The summed E-state index contributed by atoms with van der Waals surface area (Å²) in [6.45, 7) is 9.87. The zero-order chi connectivity index (χ0) is 13.9. The van der Waals surface area contributed by atoms with Gasteiger partial charge in [0, 0.05) is 12.0 Å². The standard InChI is InChI=1S/C13H20N4O2/c1-5-18-8-11-7-17(16-15-11)6-10-9-19-12(14-10)13(2,3)4/h7,9H,5-6,8H2,1-4H3. The van der Waals surface area contributed by atoms with Gasteiger partial charge in [0.05, 0.1) is 19.3 Å². The predicted molar refractivity (Wildman–Crippen MR) is 69.7 cm³/mol. The Morgan fingerprint density at radius 3 is 2.74 bits per heavy atom. The molecule has 0 fully saturated rings. The molecular weight excluding hydrogens is 244 g/mol. The second kappa shape index (κ2) is 5.52. The van der Waals surface area contributed by atoms with E-state index in [1.165, 1.54) is 0 Å². The lowest BCUT2D eigenvalue weighted by Gasteiger charge is -2.11. The first-order valence-electron chi connectivity index (χ1n) is 6.40. The van der Waals surface area contributed by atoms with E-state index in [0.717, 1.165) is 17.3 Å². The van der Waals surface area contributed by atoms with E-state index in [4.69, 9.17) is 9.15 Å². The minimum absolute atomic E-state index is 0.0826. The molecule has 19 heavy (non-hydrogen) atoms. The van der Waals surface area contributed by atoms with Gasteiger partial charge < -0.3 is 9.15 Å². The number of hydrogen-bond donors (Lipinski definition) is 0. The zero-order valence-corrected chi connectivity index (χ0v) is 11.9. The highest BCUT2D eigenvalue weighted by Crippen LogP contribution is 2.21. The van der Waals surface area contributed by atoms with Gasteiger partial charge in [-0.25, -0.2) is 9.67 Å². The summed E-state index contributed by atoms with van der Waals surface area (Å²) in [4.78, 5) is 4.46. The Labute approximate surface area is 112 Å². The Morgan fingerprint density at radius 1 is 1.32 bits per heavy atom. The highest BCUT2D eigenvalue weighted by molar-refractivity contribution is 5.04. The lowest BCUT2D eigenvalue weighted by Crippen LogP contribution is -2.12. The van der Waals surface area contributed by atoms with Crippen molar-refractivity contribution < 1.29 is 9.15 Å². The molecule has 0 unspecified atom stereocenters. The molecule has 0 aliphatic carbocycles. The van der Waals surface area contributed by atoms with Crippen LogP contribution >= 0.6 is 0 Å². The normalized spacial score (nSPS) is 12.0. The van der Waals surface area contributed by atoms with Crippen molar-refractivity contribution in [2.45, 2.75) is 46.3 Å². The van der Waals surface area contributed by atoms with Crippen LogP contribution in [0.25, 0.3) is 0 Å². The Balaban J connectivity index is 2.01. The van der Waals surface area contributed by atoms with E-state index in [2.05, 4.69) is 36.1 Å². The van der Waals surface area contributed by atoms with Crippen LogP contribution < -0.4 is 0 Å². The first-order chi connectivity index (χ1) is 8.99. The molecular formula is C13H20N4O2. The van der Waals surface area contributed by atoms with Crippen LogP contribution in [0, 0.1) is 0 Å². The van der Waals surface area contributed by atoms with E-state index >= 15 is 0 Å². The van der Waals surface area contributed by atoms with Gasteiger partial charge in [-0.05, 0) is 6.92 Å². The first kappa shape index (κ1) is 13.7. The van der Waals surface area contributed by atoms with Gasteiger partial charge in [-0.1, -0.05) is 26.0 Å². The summed E-state index contributed by atoms with van der Waals surface area (Å²) in [6, 6.07) is 0. The summed E-state index contributed by atoms with van der Waals surface area (Å²) in [7, 11) is 0. The van der Waals surface area contributed by atoms with Gasteiger partial charge in [0.1, 0.15) is 17.7 Å². The Hall–Kier alpha value is -1.69. The minimum Gasteiger partial charge on any atom is -0.448 e. The van der Waals surface area contributed by atoms with Crippen molar-refractivity contribution in [3.63, 3.8) is 0 Å². The molecule has 0 spiro atoms. The van der Waals surface area contributed by atoms with Crippen molar-refractivity contribution in [3.05, 3.63) is 29.7 Å². The van der Waals surface area contributed by atoms with Crippen LogP contribution in [0.1, 0.15) is 45.0 Å². The number of nitrogens with zero attached hydrogens (tertiary/aromatic N) is 4. The summed E-state index contributed by atoms with van der Waals surface area (Å²) in [6.07, 6.45) is 3.53. The topological polar surface area (TPSA) is 66.0 Å². The molecule has 0 bridgehead atoms. The van der Waals surface area contributed by atoms with Crippen LogP contribution in [0.3, 0.4) is 0 Å². The first-order valence-corrected chi connectivity index (χ1v) is 6.40. The smallest absolute Gasteiger partial charge is 0.199 e. The third-order valence-electron chi connectivity index (χ3n) is 2.56. The van der Waals surface area contributed by atoms with Gasteiger partial charge in [-0.2, -0.15) is 0 Å². The molecule has 0 N–H and O–H groups in total. The fraction of sp³-hybridized carbons (Fsp3) is 0.615. The lowest BCUT2D eigenvalue weighted by molar-refractivity contribution is 0.131. The lowest BCUT2D eigenvalue weighted by atomic mass is 9.97. The van der Waals surface area contributed by atoms with Gasteiger partial charge in [-0.3, -0.25) is 0 Å². The average molecular weight is 264 g/mol. The summed E-state index contributed by atoms with van der Waals surface area (Å²) < 4.78 is 12.5. The molecule has 6 nitrogen and oxygen atoms in total. The summed E-state index contributed by atoms with van der Waals surface area (Å²) in [5.41, 5.74) is 1.58. The van der Waals surface area contributed by atoms with Crippen LogP contribution in [-0.4, -0.2) is 26.6 Å². The van der Waals surface area contributed by atoms with Gasteiger partial charge in [0.2, 0.25) is 0 Å². The fourth-order valence-corrected chi connectivity index (χ4v) is 1.58. The highest BCUT2D eigenvalue weighted by Gasteiger charge is 2.20. The molecule has 2 heterocycles. The number of oxazole rings is 1. The summed E-state index contributed by atoms with van der Waals surface area (Å²) in [5.74, 6) is 0.733. The Kier molecular flexibility index (Phi) is 3.99. The molecule has 0 aliphatic rings. The largest absolute Gasteiger partial charge is 0.448 e. The Morgan fingerprint density at radius 2 is 2.11 bits per heavy atom. The third kappa shape index (κ3) is 3.64. The Bertz CT molecular complexity index is 525. The molecule has 6 heteroatoms. The minimum atomic E-state index is -0.0826. The molecule has 0 amide bonds. The maximum absolute atomic E-state index is 5.48. The van der Waals surface area contributed by atoms with E-state index in [-0.39, 0.29) is 5.41 Å². The maximum atomic E-state index is 5.48. The molecule has 104 valence electrons. The summed E-state index contributed by atoms with van der Waals surface area (Å²) in [5, 5.41) is 8.08. The number of rotatable bonds is 5. The molecule has 0 atom stereocenters. The van der Waals surface area contributed by atoms with E-state index < -0.39 is 0 Å². The van der Waals surface area contributed by atoms with E-state index in [9.17, 15) is 0 Å². The van der Waals surface area contributed by atoms with Crippen LogP contribution in [0.5, 0.6) is 0 Å². The average Bonchev–Trinajstić information content (AvgIpc) is 2.95. The van der Waals surface area contributed by atoms with E-state index in [1.807, 2.05) is 13.1 Å². The third-order valence-corrected chi connectivity index (χ3v) is 2.56. The van der Waals surface area contributed by atoms with Crippen molar-refractivity contribution in [2.24, 2.45) is 0 Å². The molecule has 2 aromatic rings. The quantitative estimate of drug-likeness (QED) is 0.827. The monoisotopic (exact) mass is 264 g/mol. The van der Waals surface area contributed by atoms with Crippen molar-refractivity contribution >= 4 is 0 Å². The van der Waals surface area contributed by atoms with Gasteiger partial charge in [0.25, 0.3) is 0 Å². The second-order valence-electron chi connectivity index (χ2n) is 5.44. The van der Waals surface area contributed by atoms with Crippen molar-refractivity contribution in [2.75, 3.05) is 6.61 Å². The van der Waals surface area contributed by atoms with Gasteiger partial charge >= 0.3 is 0 Å². The molecule has 2 rings (SSSR count). The zero-order valence-electron chi connectivity index (χ0n) is 11.9. The predicted octanol–water partition coefficient (Wildman–Crippen LogP) is 2.15. The molecule has 0 aromatic carbocycles. The fourth-order valence-electron chi connectivity index (χ4n) is 1.58. The van der Waals surface area contributed by atoms with Crippen LogP contribution in [0.4, 0.5) is 0 Å². The van der Waals surface area contributed by atoms with E-state index in [0.29, 0.717) is 19.8 Å². The SMILES string of the molecule is CCOCc1cn(Cc2coc(C(C)(C)C)n2)nn1. The number of aromatic nitrogens is 4. The molecule has 2 aromatic heterocycles. The second-order valence-corrected chi connectivity index (χ2v) is 5.44. The molecule has 0 radical (unpaired) electrons. The molecule has 0 aliphatic heterocycles. The van der Waals surface area contributed by atoms with Crippen LogP contribution in [0.15, 0.2) is 16.9 Å². The van der Waals surface area contributed by atoms with Crippen molar-refractivity contribution in [1.82, 2.24) is 20.0 Å². The van der Waals surface area contributed by atoms with Gasteiger partial charge in [0.15, 0.2) is 5.89 Å². The summed E-state index contributed by atoms with van der Waals surface area (Å²) >= 11 is 0. The molecule has 0 saturated carbocycles.